The fourth-order valence-corrected chi connectivity index (χ4v) is 2.21. The number of hydrogen-bond donors (Lipinski definition) is 3. The molecule has 1 heterocycles. The summed E-state index contributed by atoms with van der Waals surface area (Å²) in [5.41, 5.74) is 2.34. The van der Waals surface area contributed by atoms with Gasteiger partial charge >= 0.3 is 0 Å². The van der Waals surface area contributed by atoms with Crippen LogP contribution in [0.2, 0.25) is 0 Å². The van der Waals surface area contributed by atoms with Crippen LogP contribution in [0.5, 0.6) is 5.75 Å². The SMILES string of the molecule is CC(C)NCC1CNCc2c(O)cccc21. The van der Waals surface area contributed by atoms with Gasteiger partial charge in [-0.1, -0.05) is 26.0 Å². The highest BCUT2D eigenvalue weighted by molar-refractivity contribution is 5.42. The van der Waals surface area contributed by atoms with Crippen molar-refractivity contribution >= 4 is 0 Å². The van der Waals surface area contributed by atoms with Gasteiger partial charge in [0.25, 0.3) is 0 Å². The zero-order valence-electron chi connectivity index (χ0n) is 9.96. The van der Waals surface area contributed by atoms with Gasteiger partial charge in [-0.15, -0.1) is 0 Å². The van der Waals surface area contributed by atoms with Gasteiger partial charge in [0.15, 0.2) is 0 Å². The molecule has 0 saturated heterocycles. The second kappa shape index (κ2) is 4.85. The number of phenols is 1. The van der Waals surface area contributed by atoms with E-state index in [0.29, 0.717) is 17.7 Å². The van der Waals surface area contributed by atoms with Gasteiger partial charge in [0, 0.05) is 37.2 Å². The molecule has 1 aliphatic heterocycles. The third-order valence-corrected chi connectivity index (χ3v) is 3.09. The van der Waals surface area contributed by atoms with Crippen molar-refractivity contribution in [1.82, 2.24) is 10.6 Å². The number of hydrogen-bond acceptors (Lipinski definition) is 3. The average Bonchev–Trinajstić information content (AvgIpc) is 2.27. The Balaban J connectivity index is 2.16. The summed E-state index contributed by atoms with van der Waals surface area (Å²) in [6.07, 6.45) is 0. The highest BCUT2D eigenvalue weighted by Gasteiger charge is 2.21. The van der Waals surface area contributed by atoms with Crippen LogP contribution in [0.25, 0.3) is 0 Å². The minimum absolute atomic E-state index is 0.416. The van der Waals surface area contributed by atoms with Crippen LogP contribution < -0.4 is 10.6 Å². The highest BCUT2D eigenvalue weighted by Crippen LogP contribution is 2.29. The molecule has 0 fully saturated rings. The third kappa shape index (κ3) is 2.36. The van der Waals surface area contributed by atoms with Crippen LogP contribution in [-0.2, 0) is 6.54 Å². The van der Waals surface area contributed by atoms with Crippen molar-refractivity contribution in [2.24, 2.45) is 0 Å². The molecule has 1 aromatic carbocycles. The Morgan fingerprint density at radius 2 is 2.31 bits per heavy atom. The number of nitrogens with one attached hydrogen (secondary N) is 2. The first-order valence-electron chi connectivity index (χ1n) is 5.93. The molecule has 88 valence electrons. The zero-order chi connectivity index (χ0) is 11.5. The highest BCUT2D eigenvalue weighted by atomic mass is 16.3. The molecule has 1 aliphatic rings. The van der Waals surface area contributed by atoms with Gasteiger partial charge in [-0.25, -0.2) is 0 Å². The van der Waals surface area contributed by atoms with Crippen molar-refractivity contribution in [3.63, 3.8) is 0 Å². The topological polar surface area (TPSA) is 44.3 Å². The van der Waals surface area contributed by atoms with Gasteiger partial charge in [-0.3, -0.25) is 0 Å². The molecule has 0 aliphatic carbocycles. The largest absolute Gasteiger partial charge is 0.508 e. The van der Waals surface area contributed by atoms with Crippen LogP contribution >= 0.6 is 0 Å². The minimum atomic E-state index is 0.416. The molecule has 0 saturated carbocycles. The lowest BCUT2D eigenvalue weighted by Gasteiger charge is -2.27. The van der Waals surface area contributed by atoms with Crippen molar-refractivity contribution < 1.29 is 5.11 Å². The van der Waals surface area contributed by atoms with Crippen molar-refractivity contribution in [3.8, 4) is 5.75 Å². The summed E-state index contributed by atoms with van der Waals surface area (Å²) < 4.78 is 0. The van der Waals surface area contributed by atoms with E-state index in [1.54, 1.807) is 6.07 Å². The van der Waals surface area contributed by atoms with Crippen molar-refractivity contribution in [2.45, 2.75) is 32.4 Å². The normalized spacial score (nSPS) is 19.8. The maximum Gasteiger partial charge on any atom is 0.120 e. The molecule has 0 bridgehead atoms. The molecular weight excluding hydrogens is 200 g/mol. The predicted octanol–water partition coefficient (Wildman–Crippen LogP) is 1.58. The second-order valence-electron chi connectivity index (χ2n) is 4.74. The van der Waals surface area contributed by atoms with E-state index < -0.39 is 0 Å². The lowest BCUT2D eigenvalue weighted by Crippen LogP contribution is -2.36. The van der Waals surface area contributed by atoms with E-state index in [1.165, 1.54) is 5.56 Å². The van der Waals surface area contributed by atoms with E-state index in [9.17, 15) is 5.11 Å². The Kier molecular flexibility index (Phi) is 3.46. The molecule has 1 aromatic rings. The Labute approximate surface area is 96.9 Å². The molecule has 2 rings (SSSR count). The fraction of sp³-hybridized carbons (Fsp3) is 0.538. The van der Waals surface area contributed by atoms with Gasteiger partial charge in [-0.2, -0.15) is 0 Å². The van der Waals surface area contributed by atoms with E-state index in [0.717, 1.165) is 25.2 Å². The lowest BCUT2D eigenvalue weighted by molar-refractivity contribution is 0.439. The van der Waals surface area contributed by atoms with Crippen LogP contribution in [0, 0.1) is 0 Å². The summed E-state index contributed by atoms with van der Waals surface area (Å²) in [4.78, 5) is 0. The summed E-state index contributed by atoms with van der Waals surface area (Å²) in [6, 6.07) is 6.33. The van der Waals surface area contributed by atoms with Crippen LogP contribution in [-0.4, -0.2) is 24.2 Å². The van der Waals surface area contributed by atoms with E-state index in [4.69, 9.17) is 0 Å². The first-order chi connectivity index (χ1) is 7.68. The monoisotopic (exact) mass is 220 g/mol. The van der Waals surface area contributed by atoms with E-state index >= 15 is 0 Å². The Morgan fingerprint density at radius 3 is 3.06 bits per heavy atom. The van der Waals surface area contributed by atoms with Crippen molar-refractivity contribution in [1.29, 1.82) is 0 Å². The molecule has 3 heteroatoms. The summed E-state index contributed by atoms with van der Waals surface area (Å²) in [7, 11) is 0. The predicted molar refractivity (Wildman–Crippen MR) is 65.7 cm³/mol. The molecule has 3 nitrogen and oxygen atoms in total. The average molecular weight is 220 g/mol. The Morgan fingerprint density at radius 1 is 1.50 bits per heavy atom. The summed E-state index contributed by atoms with van der Waals surface area (Å²) >= 11 is 0. The Hall–Kier alpha value is -1.06. The van der Waals surface area contributed by atoms with Gasteiger partial charge in [0.2, 0.25) is 0 Å². The molecule has 0 spiro atoms. The molecular formula is C13H20N2O. The molecule has 16 heavy (non-hydrogen) atoms. The van der Waals surface area contributed by atoms with Crippen LogP contribution in [0.15, 0.2) is 18.2 Å². The van der Waals surface area contributed by atoms with Crippen LogP contribution in [0.3, 0.4) is 0 Å². The molecule has 1 atom stereocenters. The maximum absolute atomic E-state index is 9.79. The fourth-order valence-electron chi connectivity index (χ4n) is 2.21. The Bertz CT molecular complexity index is 363. The smallest absolute Gasteiger partial charge is 0.120 e. The van der Waals surface area contributed by atoms with E-state index in [-0.39, 0.29) is 0 Å². The summed E-state index contributed by atoms with van der Waals surface area (Å²) in [5, 5.41) is 16.6. The second-order valence-corrected chi connectivity index (χ2v) is 4.74. The van der Waals surface area contributed by atoms with Crippen molar-refractivity contribution in [3.05, 3.63) is 29.3 Å². The maximum atomic E-state index is 9.79. The number of phenolic OH excluding ortho intramolecular Hbond substituents is 1. The first-order valence-corrected chi connectivity index (χ1v) is 5.93. The first kappa shape index (κ1) is 11.4. The molecule has 3 N–H and O–H groups in total. The van der Waals surface area contributed by atoms with Crippen LogP contribution in [0.4, 0.5) is 0 Å². The number of rotatable bonds is 3. The van der Waals surface area contributed by atoms with Gasteiger partial charge in [0.05, 0.1) is 0 Å². The van der Waals surface area contributed by atoms with Crippen molar-refractivity contribution in [2.75, 3.05) is 13.1 Å². The van der Waals surface area contributed by atoms with E-state index in [1.807, 2.05) is 6.07 Å². The quantitative estimate of drug-likeness (QED) is 0.724. The number of aromatic hydroxyl groups is 1. The number of benzene rings is 1. The third-order valence-electron chi connectivity index (χ3n) is 3.09. The zero-order valence-corrected chi connectivity index (χ0v) is 9.96. The number of fused-ring (bicyclic) bond motifs is 1. The summed E-state index contributed by atoms with van der Waals surface area (Å²) in [5.74, 6) is 0.873. The van der Waals surface area contributed by atoms with Gasteiger partial charge in [0.1, 0.15) is 5.75 Å². The van der Waals surface area contributed by atoms with Gasteiger partial charge < -0.3 is 15.7 Å². The molecule has 0 amide bonds. The van der Waals surface area contributed by atoms with E-state index in [2.05, 4.69) is 30.5 Å². The molecule has 0 aromatic heterocycles. The van der Waals surface area contributed by atoms with Gasteiger partial charge in [-0.05, 0) is 11.6 Å². The lowest BCUT2D eigenvalue weighted by atomic mass is 9.90. The van der Waals surface area contributed by atoms with Crippen LogP contribution in [0.1, 0.15) is 30.9 Å². The standard InChI is InChI=1S/C13H20N2O/c1-9(2)15-7-10-6-14-8-12-11(10)4-3-5-13(12)16/h3-5,9-10,14-16H,6-8H2,1-2H3. The molecule has 1 unspecified atom stereocenters. The molecule has 0 radical (unpaired) electrons. The summed E-state index contributed by atoms with van der Waals surface area (Å²) in [6.45, 7) is 7.02. The minimum Gasteiger partial charge on any atom is -0.508 e.